The lowest BCUT2D eigenvalue weighted by Crippen LogP contribution is -2.35. The summed E-state index contributed by atoms with van der Waals surface area (Å²) in [7, 11) is 1.74. The van der Waals surface area contributed by atoms with Gasteiger partial charge in [-0.3, -0.25) is 9.20 Å². The molecule has 8 heteroatoms. The summed E-state index contributed by atoms with van der Waals surface area (Å²) in [6.07, 6.45) is 7.36. The van der Waals surface area contributed by atoms with Crippen LogP contribution >= 0.6 is 0 Å². The van der Waals surface area contributed by atoms with Gasteiger partial charge in [0, 0.05) is 35.4 Å². The fourth-order valence-electron chi connectivity index (χ4n) is 3.88. The molecule has 0 radical (unpaired) electrons. The third kappa shape index (κ3) is 4.60. The van der Waals surface area contributed by atoms with Crippen molar-refractivity contribution in [3.63, 3.8) is 0 Å². The van der Waals surface area contributed by atoms with E-state index in [1.54, 1.807) is 32.6 Å². The third-order valence-corrected chi connectivity index (χ3v) is 5.93. The fraction of sp³-hybridized carbons (Fsp3) is 0.143. The van der Waals surface area contributed by atoms with Crippen molar-refractivity contribution in [1.29, 1.82) is 0 Å². The van der Waals surface area contributed by atoms with E-state index in [4.69, 9.17) is 4.98 Å². The number of aromatic nitrogens is 5. The minimum absolute atomic E-state index is 0.169. The molecule has 178 valence electrons. The van der Waals surface area contributed by atoms with Gasteiger partial charge >= 0.3 is 0 Å². The molecule has 1 aromatic carbocycles. The van der Waals surface area contributed by atoms with Gasteiger partial charge in [0.25, 0.3) is 0 Å². The lowest BCUT2D eigenvalue weighted by atomic mass is 10.1. The number of pyridine rings is 2. The number of aryl methyl sites for hydroxylation is 1. The number of nitrogens with one attached hydrogen (secondary N) is 2. The molecule has 1 atom stereocenters. The standard InChI is InChI=1S/C28H25N7O/c1-19-27(35-16-5-4-6-26(35)31-19)23-12-14-25(33-28(36)20(2)29-3)32-24(23)13-9-21-7-10-22(11-8-21)34-17-15-30-18-34/h4-8,10-12,14-18,20,29H,1-3H3,(H,32,33,36)/t20-/m0/s1. The Morgan fingerprint density at radius 2 is 1.83 bits per heavy atom. The van der Waals surface area contributed by atoms with Crippen LogP contribution in [-0.4, -0.2) is 42.9 Å². The molecule has 4 heterocycles. The van der Waals surface area contributed by atoms with E-state index in [9.17, 15) is 4.79 Å². The number of nitrogens with zero attached hydrogens (tertiary/aromatic N) is 5. The summed E-state index contributed by atoms with van der Waals surface area (Å²) in [6.45, 7) is 3.76. The quantitative estimate of drug-likeness (QED) is 0.377. The Kier molecular flexibility index (Phi) is 6.31. The van der Waals surface area contributed by atoms with Crippen LogP contribution < -0.4 is 10.6 Å². The molecule has 0 aliphatic carbocycles. The molecule has 1 amide bonds. The van der Waals surface area contributed by atoms with Gasteiger partial charge in [0.05, 0.1) is 23.8 Å². The largest absolute Gasteiger partial charge is 0.309 e. The highest BCUT2D eigenvalue weighted by Crippen LogP contribution is 2.28. The van der Waals surface area contributed by atoms with Crippen LogP contribution in [0, 0.1) is 18.8 Å². The first-order valence-corrected chi connectivity index (χ1v) is 11.6. The van der Waals surface area contributed by atoms with Gasteiger partial charge in [0.1, 0.15) is 17.2 Å². The summed E-state index contributed by atoms with van der Waals surface area (Å²) in [6, 6.07) is 17.2. The molecule has 0 spiro atoms. The summed E-state index contributed by atoms with van der Waals surface area (Å²) in [5.74, 6) is 6.73. The van der Waals surface area contributed by atoms with Gasteiger partial charge in [-0.25, -0.2) is 15.0 Å². The maximum Gasteiger partial charge on any atom is 0.242 e. The zero-order valence-corrected chi connectivity index (χ0v) is 20.2. The van der Waals surface area contributed by atoms with Crippen LogP contribution in [0.1, 0.15) is 23.9 Å². The summed E-state index contributed by atoms with van der Waals surface area (Å²) < 4.78 is 3.96. The van der Waals surface area contributed by atoms with E-state index in [0.29, 0.717) is 11.5 Å². The molecule has 5 rings (SSSR count). The molecule has 4 aromatic heterocycles. The lowest BCUT2D eigenvalue weighted by molar-refractivity contribution is -0.117. The number of imidazole rings is 2. The second-order valence-electron chi connectivity index (χ2n) is 8.33. The van der Waals surface area contributed by atoms with Crippen LogP contribution in [0.3, 0.4) is 0 Å². The van der Waals surface area contributed by atoms with E-state index in [2.05, 4.69) is 32.4 Å². The minimum atomic E-state index is -0.351. The Balaban J connectivity index is 1.56. The maximum absolute atomic E-state index is 12.4. The first-order valence-electron chi connectivity index (χ1n) is 11.6. The molecule has 8 nitrogen and oxygen atoms in total. The fourth-order valence-corrected chi connectivity index (χ4v) is 3.88. The number of likely N-dealkylation sites (N-methyl/N-ethyl adjacent to an activating group) is 1. The Labute approximate surface area is 209 Å². The van der Waals surface area contributed by atoms with E-state index in [1.165, 1.54) is 0 Å². The van der Waals surface area contributed by atoms with Crippen molar-refractivity contribution in [2.24, 2.45) is 0 Å². The van der Waals surface area contributed by atoms with Gasteiger partial charge < -0.3 is 15.2 Å². The van der Waals surface area contributed by atoms with Crippen LogP contribution in [0.5, 0.6) is 0 Å². The molecule has 0 saturated carbocycles. The Morgan fingerprint density at radius 3 is 2.58 bits per heavy atom. The Morgan fingerprint density at radius 1 is 1.00 bits per heavy atom. The number of carbonyl (C=O) groups excluding carboxylic acids is 1. The number of benzene rings is 1. The molecule has 5 aromatic rings. The number of amides is 1. The SMILES string of the molecule is CN[C@@H](C)C(=O)Nc1ccc(-c2c(C)nc3ccccn23)c(C#Cc2ccc(-n3ccnc3)cc2)n1. The molecular formula is C28H25N7O. The molecular weight excluding hydrogens is 450 g/mol. The second-order valence-corrected chi connectivity index (χ2v) is 8.33. The number of hydrogen-bond donors (Lipinski definition) is 2. The van der Waals surface area contributed by atoms with Gasteiger partial charge in [0.2, 0.25) is 5.91 Å². The van der Waals surface area contributed by atoms with Gasteiger partial charge in [0.15, 0.2) is 0 Å². The predicted octanol–water partition coefficient (Wildman–Crippen LogP) is 3.84. The Bertz CT molecular complexity index is 1590. The first kappa shape index (κ1) is 23.0. The summed E-state index contributed by atoms with van der Waals surface area (Å²) in [5.41, 5.74) is 5.88. The number of rotatable bonds is 5. The highest BCUT2D eigenvalue weighted by atomic mass is 16.2. The van der Waals surface area contributed by atoms with Crippen LogP contribution in [0.25, 0.3) is 22.6 Å². The van der Waals surface area contributed by atoms with Gasteiger partial charge in [-0.05, 0) is 75.3 Å². The molecule has 0 bridgehead atoms. The number of fused-ring (bicyclic) bond motifs is 1. The number of anilines is 1. The molecule has 0 unspecified atom stereocenters. The first-order chi connectivity index (χ1) is 17.5. The second kappa shape index (κ2) is 9.86. The topological polar surface area (TPSA) is 89.1 Å². The van der Waals surface area contributed by atoms with Gasteiger partial charge in [-0.1, -0.05) is 12.0 Å². The van der Waals surface area contributed by atoms with Crippen LogP contribution in [0.2, 0.25) is 0 Å². The van der Waals surface area contributed by atoms with Crippen LogP contribution in [0.4, 0.5) is 5.82 Å². The van der Waals surface area contributed by atoms with Crippen molar-refractivity contribution in [2.75, 3.05) is 12.4 Å². The normalized spacial score (nSPS) is 11.6. The zero-order valence-electron chi connectivity index (χ0n) is 20.2. The van der Waals surface area contributed by atoms with E-state index >= 15 is 0 Å². The average Bonchev–Trinajstić information content (AvgIpc) is 3.55. The third-order valence-electron chi connectivity index (χ3n) is 5.93. The molecule has 0 fully saturated rings. The van der Waals surface area contributed by atoms with Gasteiger partial charge in [-0.15, -0.1) is 0 Å². The molecule has 0 aliphatic heterocycles. The highest BCUT2D eigenvalue weighted by Gasteiger charge is 2.17. The smallest absolute Gasteiger partial charge is 0.242 e. The monoisotopic (exact) mass is 475 g/mol. The van der Waals surface area contributed by atoms with Crippen LogP contribution in [-0.2, 0) is 4.79 Å². The van der Waals surface area contributed by atoms with Crippen molar-refractivity contribution >= 4 is 17.4 Å². The molecule has 2 N–H and O–H groups in total. The minimum Gasteiger partial charge on any atom is -0.309 e. The van der Waals surface area contributed by atoms with E-state index in [0.717, 1.165) is 33.8 Å². The predicted molar refractivity (Wildman–Crippen MR) is 140 cm³/mol. The Hall–Kier alpha value is -4.74. The van der Waals surface area contributed by atoms with E-state index in [1.807, 2.05) is 76.8 Å². The highest BCUT2D eigenvalue weighted by molar-refractivity contribution is 5.94. The van der Waals surface area contributed by atoms with Crippen molar-refractivity contribution in [1.82, 2.24) is 29.2 Å². The average molecular weight is 476 g/mol. The number of hydrogen-bond acceptors (Lipinski definition) is 5. The van der Waals surface area contributed by atoms with E-state index in [-0.39, 0.29) is 11.9 Å². The van der Waals surface area contributed by atoms with Crippen molar-refractivity contribution in [2.45, 2.75) is 19.9 Å². The zero-order chi connectivity index (χ0) is 25.1. The van der Waals surface area contributed by atoms with Crippen molar-refractivity contribution in [3.8, 4) is 28.8 Å². The van der Waals surface area contributed by atoms with Gasteiger partial charge in [-0.2, -0.15) is 0 Å². The van der Waals surface area contributed by atoms with Crippen molar-refractivity contribution in [3.05, 3.63) is 96.5 Å². The maximum atomic E-state index is 12.4. The number of carbonyl (C=O) groups is 1. The van der Waals surface area contributed by atoms with Crippen molar-refractivity contribution < 1.29 is 4.79 Å². The molecule has 36 heavy (non-hydrogen) atoms. The summed E-state index contributed by atoms with van der Waals surface area (Å²) in [5, 5.41) is 5.80. The lowest BCUT2D eigenvalue weighted by Gasteiger charge is -2.12. The van der Waals surface area contributed by atoms with Crippen LogP contribution in [0.15, 0.2) is 79.5 Å². The molecule has 0 aliphatic rings. The molecule has 0 saturated heterocycles. The summed E-state index contributed by atoms with van der Waals surface area (Å²) >= 11 is 0. The summed E-state index contributed by atoms with van der Waals surface area (Å²) in [4.78, 5) is 25.9. The van der Waals surface area contributed by atoms with E-state index < -0.39 is 0 Å².